The Hall–Kier alpha value is -1.92. The second-order valence-electron chi connectivity index (χ2n) is 5.84. The number of para-hydroxylation sites is 2. The maximum absolute atomic E-state index is 12.9. The second-order valence-corrected chi connectivity index (χ2v) is 5.84. The van der Waals surface area contributed by atoms with E-state index in [4.69, 9.17) is 4.74 Å². The van der Waals surface area contributed by atoms with Crippen LogP contribution in [0, 0.1) is 0 Å². The molecule has 2 atom stereocenters. The smallest absolute Gasteiger partial charge is 0.244 e. The maximum atomic E-state index is 12.9. The van der Waals surface area contributed by atoms with Crippen molar-refractivity contribution in [2.45, 2.75) is 26.0 Å². The van der Waals surface area contributed by atoms with Crippen LogP contribution >= 0.6 is 0 Å². The third-order valence-electron chi connectivity index (χ3n) is 4.21. The first-order valence-electron chi connectivity index (χ1n) is 7.62. The molecule has 0 aromatic heterocycles. The van der Waals surface area contributed by atoms with Gasteiger partial charge in [-0.25, -0.2) is 0 Å². The van der Waals surface area contributed by atoms with Gasteiger partial charge in [0.25, 0.3) is 0 Å². The number of rotatable bonds is 2. The summed E-state index contributed by atoms with van der Waals surface area (Å²) < 4.78 is 5.53. The summed E-state index contributed by atoms with van der Waals surface area (Å²) in [6, 6.07) is 7.12. The molecule has 6 heteroatoms. The molecule has 2 aliphatic rings. The summed E-state index contributed by atoms with van der Waals surface area (Å²) in [5.41, 5.74) is 1.45. The Balaban J connectivity index is 1.81. The number of anilines is 2. The summed E-state index contributed by atoms with van der Waals surface area (Å²) in [7, 11) is 0. The Morgan fingerprint density at radius 1 is 1.41 bits per heavy atom. The van der Waals surface area contributed by atoms with E-state index in [-0.39, 0.29) is 30.5 Å². The van der Waals surface area contributed by atoms with Crippen LogP contribution in [0.1, 0.15) is 13.8 Å². The first kappa shape index (κ1) is 15.0. The summed E-state index contributed by atoms with van der Waals surface area (Å²) >= 11 is 0. The van der Waals surface area contributed by atoms with Crippen molar-refractivity contribution in [3.05, 3.63) is 24.3 Å². The Bertz CT molecular complexity index is 590. The molecule has 0 bridgehead atoms. The van der Waals surface area contributed by atoms with E-state index < -0.39 is 0 Å². The van der Waals surface area contributed by atoms with Crippen molar-refractivity contribution < 1.29 is 14.3 Å². The van der Waals surface area contributed by atoms with Crippen molar-refractivity contribution in [2.75, 3.05) is 36.5 Å². The molecular formula is C16H21N3O3. The summed E-state index contributed by atoms with van der Waals surface area (Å²) in [6.07, 6.45) is 0.126. The average Bonchev–Trinajstić information content (AvgIpc) is 2.52. The molecule has 0 aliphatic carbocycles. The lowest BCUT2D eigenvalue weighted by atomic mass is 10.1. The van der Waals surface area contributed by atoms with Gasteiger partial charge >= 0.3 is 0 Å². The summed E-state index contributed by atoms with van der Waals surface area (Å²) in [5.74, 6) is -0.203. The van der Waals surface area contributed by atoms with E-state index in [2.05, 4.69) is 10.2 Å². The van der Waals surface area contributed by atoms with Crippen molar-refractivity contribution in [1.82, 2.24) is 4.90 Å². The molecular weight excluding hydrogens is 282 g/mol. The summed E-state index contributed by atoms with van der Waals surface area (Å²) in [5, 5.41) is 2.80. The number of amides is 2. The predicted molar refractivity (Wildman–Crippen MR) is 83.9 cm³/mol. The number of nitrogens with zero attached hydrogens (tertiary/aromatic N) is 2. The van der Waals surface area contributed by atoms with E-state index in [0.717, 1.165) is 18.8 Å². The van der Waals surface area contributed by atoms with E-state index >= 15 is 0 Å². The minimum absolute atomic E-state index is 0.0450. The van der Waals surface area contributed by atoms with Crippen LogP contribution in [-0.4, -0.2) is 55.1 Å². The van der Waals surface area contributed by atoms with Gasteiger partial charge in [0, 0.05) is 13.1 Å². The quantitative estimate of drug-likeness (QED) is 0.888. The number of nitrogens with one attached hydrogen (secondary N) is 1. The molecule has 0 radical (unpaired) electrons. The van der Waals surface area contributed by atoms with Gasteiger partial charge in [-0.1, -0.05) is 12.1 Å². The van der Waals surface area contributed by atoms with E-state index in [9.17, 15) is 9.59 Å². The Morgan fingerprint density at radius 2 is 2.18 bits per heavy atom. The van der Waals surface area contributed by atoms with Gasteiger partial charge in [0.2, 0.25) is 11.8 Å². The number of ether oxygens (including phenoxy) is 1. The Morgan fingerprint density at radius 3 is 2.95 bits per heavy atom. The lowest BCUT2D eigenvalue weighted by Crippen LogP contribution is -2.54. The minimum Gasteiger partial charge on any atom is -0.376 e. The van der Waals surface area contributed by atoms with Crippen LogP contribution in [0.3, 0.4) is 0 Å². The number of hydrogen-bond donors (Lipinski definition) is 1. The molecule has 3 rings (SSSR count). The normalized spacial score (nSPS) is 23.6. The molecule has 2 amide bonds. The molecule has 2 aliphatic heterocycles. The lowest BCUT2D eigenvalue weighted by molar-refractivity contribution is -0.128. The van der Waals surface area contributed by atoms with Gasteiger partial charge in [0.15, 0.2) is 0 Å². The number of morpholine rings is 1. The van der Waals surface area contributed by atoms with Crippen LogP contribution in [0.25, 0.3) is 0 Å². The number of carbonyl (C=O) groups is 2. The molecule has 118 valence electrons. The monoisotopic (exact) mass is 303 g/mol. The zero-order chi connectivity index (χ0) is 15.7. The molecule has 1 N–H and O–H groups in total. The Labute approximate surface area is 130 Å². The van der Waals surface area contributed by atoms with Gasteiger partial charge in [-0.05, 0) is 26.0 Å². The first-order valence-corrected chi connectivity index (χ1v) is 7.62. The van der Waals surface area contributed by atoms with Gasteiger partial charge < -0.3 is 10.1 Å². The maximum Gasteiger partial charge on any atom is 0.244 e. The van der Waals surface area contributed by atoms with Crippen LogP contribution in [0.5, 0.6) is 0 Å². The van der Waals surface area contributed by atoms with E-state index in [1.165, 1.54) is 0 Å². The topological polar surface area (TPSA) is 61.9 Å². The molecule has 1 aromatic rings. The summed E-state index contributed by atoms with van der Waals surface area (Å²) in [4.78, 5) is 28.4. The van der Waals surface area contributed by atoms with Crippen LogP contribution in [0.15, 0.2) is 24.3 Å². The highest BCUT2D eigenvalue weighted by atomic mass is 16.5. The van der Waals surface area contributed by atoms with Crippen LogP contribution in [0.4, 0.5) is 11.4 Å². The number of carbonyl (C=O) groups excluding carboxylic acids is 2. The molecule has 6 nitrogen and oxygen atoms in total. The van der Waals surface area contributed by atoms with Gasteiger partial charge in [0.05, 0.1) is 30.1 Å². The lowest BCUT2D eigenvalue weighted by Gasteiger charge is -2.38. The van der Waals surface area contributed by atoms with Crippen molar-refractivity contribution >= 4 is 23.2 Å². The largest absolute Gasteiger partial charge is 0.376 e. The SMILES string of the molecule is C[C@@H]1CN([C@@H](C)C(=O)N2CC(=O)Nc3ccccc32)CCO1. The van der Waals surface area contributed by atoms with Crippen molar-refractivity contribution in [3.8, 4) is 0 Å². The highest BCUT2D eigenvalue weighted by Crippen LogP contribution is 2.29. The van der Waals surface area contributed by atoms with Crippen molar-refractivity contribution in [1.29, 1.82) is 0 Å². The minimum atomic E-state index is -0.273. The first-order chi connectivity index (χ1) is 10.6. The predicted octanol–water partition coefficient (Wildman–Crippen LogP) is 1.08. The highest BCUT2D eigenvalue weighted by molar-refractivity contribution is 6.11. The van der Waals surface area contributed by atoms with Gasteiger partial charge in [0.1, 0.15) is 6.54 Å². The van der Waals surface area contributed by atoms with E-state index in [1.807, 2.05) is 38.1 Å². The van der Waals surface area contributed by atoms with Crippen molar-refractivity contribution in [3.63, 3.8) is 0 Å². The fraction of sp³-hybridized carbons (Fsp3) is 0.500. The third-order valence-corrected chi connectivity index (χ3v) is 4.21. The Kier molecular flexibility index (Phi) is 4.13. The second kappa shape index (κ2) is 6.06. The molecule has 0 saturated carbocycles. The summed E-state index contributed by atoms with van der Waals surface area (Å²) in [6.45, 7) is 6.08. The zero-order valence-corrected chi connectivity index (χ0v) is 12.9. The van der Waals surface area contributed by atoms with Crippen LogP contribution in [-0.2, 0) is 14.3 Å². The molecule has 1 fully saturated rings. The third kappa shape index (κ3) is 2.84. The molecule has 1 saturated heterocycles. The fourth-order valence-corrected chi connectivity index (χ4v) is 3.01. The van der Waals surface area contributed by atoms with Gasteiger partial charge in [-0.15, -0.1) is 0 Å². The number of fused-ring (bicyclic) bond motifs is 1. The van der Waals surface area contributed by atoms with Crippen LogP contribution in [0.2, 0.25) is 0 Å². The van der Waals surface area contributed by atoms with Gasteiger partial charge in [-0.3, -0.25) is 19.4 Å². The zero-order valence-electron chi connectivity index (χ0n) is 12.9. The number of hydrogen-bond acceptors (Lipinski definition) is 4. The fourth-order valence-electron chi connectivity index (χ4n) is 3.01. The highest BCUT2D eigenvalue weighted by Gasteiger charge is 2.33. The average molecular weight is 303 g/mol. The molecule has 0 unspecified atom stereocenters. The van der Waals surface area contributed by atoms with E-state index in [1.54, 1.807) is 4.90 Å². The molecule has 2 heterocycles. The van der Waals surface area contributed by atoms with Gasteiger partial charge in [-0.2, -0.15) is 0 Å². The number of benzene rings is 1. The molecule has 1 aromatic carbocycles. The standard InChI is InChI=1S/C16H21N3O3/c1-11-9-18(7-8-22-11)12(2)16(21)19-10-15(20)17-13-5-3-4-6-14(13)19/h3-6,11-12H,7-10H2,1-2H3,(H,17,20)/t11-,12+/m1/s1. The molecule has 22 heavy (non-hydrogen) atoms. The molecule has 0 spiro atoms. The van der Waals surface area contributed by atoms with Crippen LogP contribution < -0.4 is 10.2 Å². The van der Waals surface area contributed by atoms with E-state index in [0.29, 0.717) is 12.3 Å². The van der Waals surface area contributed by atoms with Crippen molar-refractivity contribution in [2.24, 2.45) is 0 Å².